The van der Waals surface area contributed by atoms with Gasteiger partial charge in [0, 0.05) is 18.6 Å². The van der Waals surface area contributed by atoms with Crippen LogP contribution in [0.3, 0.4) is 0 Å². The van der Waals surface area contributed by atoms with Gasteiger partial charge < -0.3 is 15.4 Å². The Hall–Kier alpha value is -0.770. The van der Waals surface area contributed by atoms with Gasteiger partial charge in [-0.2, -0.15) is 0 Å². The first-order valence-corrected chi connectivity index (χ1v) is 7.04. The van der Waals surface area contributed by atoms with Crippen molar-refractivity contribution in [1.29, 1.82) is 0 Å². The average Bonchev–Trinajstić information content (AvgIpc) is 3.04. The van der Waals surface area contributed by atoms with Gasteiger partial charge in [0.15, 0.2) is 0 Å². The van der Waals surface area contributed by atoms with Crippen LogP contribution in [0.5, 0.6) is 0 Å². The molecule has 106 valence electrons. The zero-order valence-corrected chi connectivity index (χ0v) is 12.4. The highest BCUT2D eigenvalue weighted by molar-refractivity contribution is 5.68. The zero-order chi connectivity index (χ0) is 13.8. The third kappa shape index (κ3) is 6.24. The lowest BCUT2D eigenvalue weighted by molar-refractivity contribution is 0.0502. The van der Waals surface area contributed by atoms with Crippen molar-refractivity contribution in [2.75, 3.05) is 6.54 Å². The van der Waals surface area contributed by atoms with Gasteiger partial charge in [-0.1, -0.05) is 6.92 Å². The van der Waals surface area contributed by atoms with Crippen molar-refractivity contribution in [3.05, 3.63) is 0 Å². The minimum Gasteiger partial charge on any atom is -0.444 e. The van der Waals surface area contributed by atoms with Gasteiger partial charge in [0.05, 0.1) is 0 Å². The fourth-order valence-corrected chi connectivity index (χ4v) is 1.86. The second-order valence-electron chi connectivity index (χ2n) is 6.29. The third-order valence-electron chi connectivity index (χ3n) is 3.23. The van der Waals surface area contributed by atoms with Crippen LogP contribution in [0.4, 0.5) is 4.79 Å². The summed E-state index contributed by atoms with van der Waals surface area (Å²) in [4.78, 5) is 11.7. The molecule has 0 bridgehead atoms. The van der Waals surface area contributed by atoms with Gasteiger partial charge in [0.1, 0.15) is 5.60 Å². The maximum Gasteiger partial charge on any atom is 0.407 e. The van der Waals surface area contributed by atoms with Gasteiger partial charge in [-0.15, -0.1) is 0 Å². The summed E-state index contributed by atoms with van der Waals surface area (Å²) in [7, 11) is 0. The zero-order valence-electron chi connectivity index (χ0n) is 12.4. The molecule has 0 radical (unpaired) electrons. The van der Waals surface area contributed by atoms with E-state index in [4.69, 9.17) is 4.74 Å². The predicted octanol–water partition coefficient (Wildman–Crippen LogP) is 2.68. The normalized spacial score (nSPS) is 19.2. The number of nitrogens with one attached hydrogen (secondary N) is 2. The Balaban J connectivity index is 2.25. The van der Waals surface area contributed by atoms with Crippen molar-refractivity contribution in [2.24, 2.45) is 5.92 Å². The van der Waals surface area contributed by atoms with Crippen molar-refractivity contribution >= 4 is 6.09 Å². The monoisotopic (exact) mass is 256 g/mol. The number of carbonyl (C=O) groups excluding carboxylic acids is 1. The van der Waals surface area contributed by atoms with Crippen molar-refractivity contribution in [3.63, 3.8) is 0 Å². The van der Waals surface area contributed by atoms with Crippen LogP contribution < -0.4 is 10.6 Å². The topological polar surface area (TPSA) is 50.4 Å². The van der Waals surface area contributed by atoms with Gasteiger partial charge in [0.25, 0.3) is 0 Å². The summed E-state index contributed by atoms with van der Waals surface area (Å²) in [5.74, 6) is 0.837. The van der Waals surface area contributed by atoms with Crippen LogP contribution in [0.1, 0.15) is 53.9 Å². The summed E-state index contributed by atoms with van der Waals surface area (Å²) in [6.45, 7) is 10.7. The Labute approximate surface area is 111 Å². The first kappa shape index (κ1) is 15.3. The van der Waals surface area contributed by atoms with Crippen LogP contribution in [-0.2, 0) is 4.74 Å². The highest BCUT2D eigenvalue weighted by atomic mass is 16.6. The maximum atomic E-state index is 11.7. The summed E-state index contributed by atoms with van der Waals surface area (Å²) in [5, 5.41) is 6.41. The van der Waals surface area contributed by atoms with Crippen LogP contribution in [0.15, 0.2) is 0 Å². The van der Waals surface area contributed by atoms with Crippen molar-refractivity contribution in [2.45, 2.75) is 71.6 Å². The molecular formula is C14H28N2O2. The number of rotatable bonds is 6. The molecule has 0 aromatic heterocycles. The van der Waals surface area contributed by atoms with Crippen LogP contribution in [0, 0.1) is 5.92 Å². The van der Waals surface area contributed by atoms with Crippen molar-refractivity contribution in [1.82, 2.24) is 10.6 Å². The third-order valence-corrected chi connectivity index (χ3v) is 3.23. The summed E-state index contributed by atoms with van der Waals surface area (Å²) < 4.78 is 5.26. The Kier molecular flexibility index (Phi) is 5.45. The number of hydrogen-bond donors (Lipinski definition) is 2. The minimum atomic E-state index is -0.433. The molecule has 4 nitrogen and oxygen atoms in total. The molecule has 2 atom stereocenters. The van der Waals surface area contributed by atoms with E-state index in [0.29, 0.717) is 6.04 Å². The number of hydrogen-bond acceptors (Lipinski definition) is 3. The van der Waals surface area contributed by atoms with Gasteiger partial charge in [-0.05, 0) is 52.9 Å². The fourth-order valence-electron chi connectivity index (χ4n) is 1.86. The lowest BCUT2D eigenvalue weighted by Crippen LogP contribution is -2.46. The van der Waals surface area contributed by atoms with Crippen molar-refractivity contribution < 1.29 is 9.53 Å². The molecule has 2 N–H and O–H groups in total. The summed E-state index contributed by atoms with van der Waals surface area (Å²) >= 11 is 0. The molecule has 0 aromatic carbocycles. The molecule has 18 heavy (non-hydrogen) atoms. The molecule has 1 aliphatic rings. The quantitative estimate of drug-likeness (QED) is 0.768. The second-order valence-corrected chi connectivity index (χ2v) is 6.29. The largest absolute Gasteiger partial charge is 0.444 e. The molecule has 0 heterocycles. The van der Waals surface area contributed by atoms with Crippen molar-refractivity contribution in [3.8, 4) is 0 Å². The summed E-state index contributed by atoms with van der Waals surface area (Å²) in [6, 6.07) is 0.695. The van der Waals surface area contributed by atoms with Gasteiger partial charge in [0.2, 0.25) is 0 Å². The number of alkyl carbamates (subject to hydrolysis) is 1. The molecule has 4 heteroatoms. The molecule has 0 aliphatic heterocycles. The van der Waals surface area contributed by atoms with E-state index < -0.39 is 5.60 Å². The van der Waals surface area contributed by atoms with E-state index in [1.807, 2.05) is 20.8 Å². The lowest BCUT2D eigenvalue weighted by atomic mass is 10.1. The lowest BCUT2D eigenvalue weighted by Gasteiger charge is -2.24. The molecule has 1 saturated carbocycles. The van der Waals surface area contributed by atoms with E-state index in [2.05, 4.69) is 24.5 Å². The standard InChI is InChI=1S/C14H28N2O2/c1-6-12(9-15-10(2)11-7-8-11)16-13(17)18-14(3,4)5/h10-12,15H,6-9H2,1-5H3,(H,16,17). The SMILES string of the molecule is CCC(CNC(C)C1CC1)NC(=O)OC(C)(C)C. The number of ether oxygens (including phenoxy) is 1. The fraction of sp³-hybridized carbons (Fsp3) is 0.929. The maximum absolute atomic E-state index is 11.7. The van der Waals surface area contributed by atoms with Gasteiger partial charge in [-0.3, -0.25) is 0 Å². The van der Waals surface area contributed by atoms with E-state index in [1.165, 1.54) is 12.8 Å². The Morgan fingerprint density at radius 2 is 2.00 bits per heavy atom. The molecule has 0 saturated heterocycles. The number of amides is 1. The van der Waals surface area contributed by atoms with E-state index in [0.717, 1.165) is 18.9 Å². The Morgan fingerprint density at radius 3 is 2.44 bits per heavy atom. The van der Waals surface area contributed by atoms with Crippen LogP contribution in [-0.4, -0.2) is 30.3 Å². The minimum absolute atomic E-state index is 0.140. The Bertz CT molecular complexity index is 269. The Morgan fingerprint density at radius 1 is 1.39 bits per heavy atom. The average molecular weight is 256 g/mol. The van der Waals surface area contributed by atoms with E-state index in [1.54, 1.807) is 0 Å². The molecule has 2 unspecified atom stereocenters. The molecule has 1 aliphatic carbocycles. The molecule has 1 amide bonds. The summed E-state index contributed by atoms with van der Waals surface area (Å²) in [6.07, 6.45) is 3.26. The van der Waals surface area contributed by atoms with E-state index in [-0.39, 0.29) is 12.1 Å². The highest BCUT2D eigenvalue weighted by Gasteiger charge is 2.28. The van der Waals surface area contributed by atoms with Crippen LogP contribution >= 0.6 is 0 Å². The molecule has 0 spiro atoms. The predicted molar refractivity (Wildman–Crippen MR) is 73.6 cm³/mol. The van der Waals surface area contributed by atoms with Crippen LogP contribution in [0.2, 0.25) is 0 Å². The van der Waals surface area contributed by atoms with E-state index in [9.17, 15) is 4.79 Å². The molecule has 1 fully saturated rings. The highest BCUT2D eigenvalue weighted by Crippen LogP contribution is 2.32. The van der Waals surface area contributed by atoms with Crippen LogP contribution in [0.25, 0.3) is 0 Å². The molecular weight excluding hydrogens is 228 g/mol. The number of carbonyl (C=O) groups is 1. The van der Waals surface area contributed by atoms with Gasteiger partial charge >= 0.3 is 6.09 Å². The van der Waals surface area contributed by atoms with Gasteiger partial charge in [-0.25, -0.2) is 4.79 Å². The molecule has 0 aromatic rings. The molecule has 1 rings (SSSR count). The smallest absolute Gasteiger partial charge is 0.407 e. The first-order chi connectivity index (χ1) is 8.31. The summed E-state index contributed by atoms with van der Waals surface area (Å²) in [5.41, 5.74) is -0.433. The second kappa shape index (κ2) is 6.41. The first-order valence-electron chi connectivity index (χ1n) is 7.04. The van der Waals surface area contributed by atoms with E-state index >= 15 is 0 Å².